The molecule has 2 aromatic rings. The molecule has 0 unspecified atom stereocenters. The summed E-state index contributed by atoms with van der Waals surface area (Å²) in [4.78, 5) is 0. The molecule has 2 heterocycles. The van der Waals surface area contributed by atoms with Gasteiger partial charge < -0.3 is 14.8 Å². The minimum atomic E-state index is 0.137. The van der Waals surface area contributed by atoms with Crippen LogP contribution < -0.4 is 5.32 Å². The van der Waals surface area contributed by atoms with Gasteiger partial charge in [0.1, 0.15) is 5.69 Å². The molecule has 0 radical (unpaired) electrons. The zero-order chi connectivity index (χ0) is 11.4. The number of furan rings is 1. The molecule has 16 heavy (non-hydrogen) atoms. The lowest BCUT2D eigenvalue weighted by atomic mass is 10.3. The molecule has 0 aliphatic rings. The van der Waals surface area contributed by atoms with Crippen LogP contribution in [-0.4, -0.2) is 28.0 Å². The van der Waals surface area contributed by atoms with Crippen molar-refractivity contribution >= 4 is 0 Å². The van der Waals surface area contributed by atoms with Crippen LogP contribution in [0.4, 0.5) is 0 Å². The van der Waals surface area contributed by atoms with Gasteiger partial charge in [0.2, 0.25) is 0 Å². The van der Waals surface area contributed by atoms with E-state index >= 15 is 0 Å². The first-order valence-electron chi connectivity index (χ1n) is 5.19. The molecule has 2 aromatic heterocycles. The van der Waals surface area contributed by atoms with Gasteiger partial charge in [-0.05, 0) is 18.2 Å². The molecule has 5 heteroatoms. The third kappa shape index (κ3) is 2.32. The fourth-order valence-electron chi connectivity index (χ4n) is 1.56. The minimum Gasteiger partial charge on any atom is -0.463 e. The minimum absolute atomic E-state index is 0.137. The van der Waals surface area contributed by atoms with Gasteiger partial charge in [-0.1, -0.05) is 0 Å². The van der Waals surface area contributed by atoms with Crippen molar-refractivity contribution < 1.29 is 9.52 Å². The lowest BCUT2D eigenvalue weighted by Crippen LogP contribution is -2.17. The molecule has 0 aromatic carbocycles. The maximum absolute atomic E-state index is 8.65. The molecule has 0 atom stereocenters. The molecule has 0 spiro atoms. The lowest BCUT2D eigenvalue weighted by Gasteiger charge is -1.97. The van der Waals surface area contributed by atoms with Crippen molar-refractivity contribution in [2.75, 3.05) is 13.2 Å². The van der Waals surface area contributed by atoms with Crippen LogP contribution in [0.1, 0.15) is 5.69 Å². The van der Waals surface area contributed by atoms with Crippen molar-refractivity contribution in [1.82, 2.24) is 15.1 Å². The number of aliphatic hydroxyl groups is 1. The zero-order valence-electron chi connectivity index (χ0n) is 9.18. The predicted molar refractivity (Wildman–Crippen MR) is 59.7 cm³/mol. The molecule has 0 fully saturated rings. The van der Waals surface area contributed by atoms with Crippen LogP contribution in [0.15, 0.2) is 28.9 Å². The molecule has 2 N–H and O–H groups in total. The summed E-state index contributed by atoms with van der Waals surface area (Å²) < 4.78 is 7.10. The Bertz CT molecular complexity index is 434. The van der Waals surface area contributed by atoms with Gasteiger partial charge in [0.25, 0.3) is 0 Å². The molecule has 0 aliphatic heterocycles. The first-order chi connectivity index (χ1) is 7.81. The average Bonchev–Trinajstić information content (AvgIpc) is 2.87. The van der Waals surface area contributed by atoms with Crippen molar-refractivity contribution in [2.24, 2.45) is 7.05 Å². The number of rotatable bonds is 5. The van der Waals surface area contributed by atoms with Crippen LogP contribution in [0.3, 0.4) is 0 Å². The maximum atomic E-state index is 8.65. The predicted octanol–water partition coefficient (Wildman–Crippen LogP) is 0.762. The maximum Gasteiger partial charge on any atom is 0.151 e. The van der Waals surface area contributed by atoms with Crippen LogP contribution in [0.5, 0.6) is 0 Å². The van der Waals surface area contributed by atoms with Crippen LogP contribution in [-0.2, 0) is 13.6 Å². The van der Waals surface area contributed by atoms with E-state index in [2.05, 4.69) is 10.4 Å². The summed E-state index contributed by atoms with van der Waals surface area (Å²) in [5.41, 5.74) is 1.88. The third-order valence-electron chi connectivity index (χ3n) is 2.30. The van der Waals surface area contributed by atoms with Crippen molar-refractivity contribution in [3.05, 3.63) is 30.2 Å². The molecular weight excluding hydrogens is 206 g/mol. The first-order valence-corrected chi connectivity index (χ1v) is 5.19. The van der Waals surface area contributed by atoms with E-state index in [9.17, 15) is 0 Å². The summed E-state index contributed by atoms with van der Waals surface area (Å²) in [7, 11) is 1.88. The first kappa shape index (κ1) is 10.9. The third-order valence-corrected chi connectivity index (χ3v) is 2.30. The monoisotopic (exact) mass is 221 g/mol. The smallest absolute Gasteiger partial charge is 0.151 e. The Morgan fingerprint density at radius 2 is 2.44 bits per heavy atom. The van der Waals surface area contributed by atoms with E-state index in [1.165, 1.54) is 0 Å². The highest BCUT2D eigenvalue weighted by atomic mass is 16.3. The van der Waals surface area contributed by atoms with Gasteiger partial charge in [-0.3, -0.25) is 4.68 Å². The number of nitrogens with one attached hydrogen (secondary N) is 1. The van der Waals surface area contributed by atoms with E-state index in [4.69, 9.17) is 9.52 Å². The molecule has 0 aliphatic carbocycles. The fraction of sp³-hybridized carbons (Fsp3) is 0.364. The second kappa shape index (κ2) is 4.96. The van der Waals surface area contributed by atoms with Gasteiger partial charge in [-0.2, -0.15) is 5.10 Å². The number of hydrogen-bond acceptors (Lipinski definition) is 4. The summed E-state index contributed by atoms with van der Waals surface area (Å²) in [5.74, 6) is 0.809. The Hall–Kier alpha value is -1.59. The Kier molecular flexibility index (Phi) is 3.38. The standard InChI is InChI=1S/C11H15N3O2/c1-14-10(11-3-2-6-16-11)7-9(13-14)8-12-4-5-15/h2-3,6-7,12,15H,4-5,8H2,1H3. The zero-order valence-corrected chi connectivity index (χ0v) is 9.18. The van der Waals surface area contributed by atoms with Crippen molar-refractivity contribution in [1.29, 1.82) is 0 Å². The second-order valence-corrected chi connectivity index (χ2v) is 3.52. The van der Waals surface area contributed by atoms with Gasteiger partial charge in [0.05, 0.1) is 18.6 Å². The number of aliphatic hydroxyl groups excluding tert-OH is 1. The molecule has 2 rings (SSSR count). The van der Waals surface area contributed by atoms with Crippen molar-refractivity contribution in [2.45, 2.75) is 6.54 Å². The topological polar surface area (TPSA) is 63.2 Å². The Morgan fingerprint density at radius 3 is 3.12 bits per heavy atom. The number of aryl methyl sites for hydroxylation is 1. The Morgan fingerprint density at radius 1 is 1.56 bits per heavy atom. The van der Waals surface area contributed by atoms with Gasteiger partial charge >= 0.3 is 0 Å². The van der Waals surface area contributed by atoms with Crippen LogP contribution in [0.25, 0.3) is 11.5 Å². The quantitative estimate of drug-likeness (QED) is 0.732. The molecule has 0 amide bonds. The Labute approximate surface area is 93.7 Å². The fourth-order valence-corrected chi connectivity index (χ4v) is 1.56. The molecule has 0 saturated heterocycles. The molecule has 0 bridgehead atoms. The van der Waals surface area contributed by atoms with Gasteiger partial charge in [0.15, 0.2) is 5.76 Å². The molecule has 0 saturated carbocycles. The van der Waals surface area contributed by atoms with Crippen LogP contribution in [0.2, 0.25) is 0 Å². The van der Waals surface area contributed by atoms with E-state index in [1.807, 2.05) is 25.2 Å². The van der Waals surface area contributed by atoms with Crippen LogP contribution in [0, 0.1) is 0 Å². The highest BCUT2D eigenvalue weighted by Crippen LogP contribution is 2.19. The average molecular weight is 221 g/mol. The SMILES string of the molecule is Cn1nc(CNCCO)cc1-c1ccco1. The van der Waals surface area contributed by atoms with E-state index in [1.54, 1.807) is 10.9 Å². The molecule has 5 nitrogen and oxygen atoms in total. The second-order valence-electron chi connectivity index (χ2n) is 3.52. The van der Waals surface area contributed by atoms with E-state index in [0.717, 1.165) is 17.1 Å². The Balaban J connectivity index is 2.10. The van der Waals surface area contributed by atoms with E-state index in [0.29, 0.717) is 13.1 Å². The van der Waals surface area contributed by atoms with Crippen molar-refractivity contribution in [3.8, 4) is 11.5 Å². The number of aromatic nitrogens is 2. The van der Waals surface area contributed by atoms with Gasteiger partial charge in [-0.15, -0.1) is 0 Å². The number of nitrogens with zero attached hydrogens (tertiary/aromatic N) is 2. The summed E-state index contributed by atoms with van der Waals surface area (Å²) >= 11 is 0. The van der Waals surface area contributed by atoms with E-state index in [-0.39, 0.29) is 6.61 Å². The highest BCUT2D eigenvalue weighted by Gasteiger charge is 2.08. The normalized spacial score (nSPS) is 10.9. The van der Waals surface area contributed by atoms with Crippen molar-refractivity contribution in [3.63, 3.8) is 0 Å². The summed E-state index contributed by atoms with van der Waals surface area (Å²) in [6.07, 6.45) is 1.64. The molecule has 86 valence electrons. The van der Waals surface area contributed by atoms with Gasteiger partial charge in [0, 0.05) is 20.1 Å². The summed E-state index contributed by atoms with van der Waals surface area (Å²) in [5, 5.41) is 16.1. The molecular formula is C11H15N3O2. The van der Waals surface area contributed by atoms with Crippen LogP contribution >= 0.6 is 0 Å². The van der Waals surface area contributed by atoms with Gasteiger partial charge in [-0.25, -0.2) is 0 Å². The summed E-state index contributed by atoms with van der Waals surface area (Å²) in [6, 6.07) is 5.73. The summed E-state index contributed by atoms with van der Waals surface area (Å²) in [6.45, 7) is 1.36. The lowest BCUT2D eigenvalue weighted by molar-refractivity contribution is 0.291. The highest BCUT2D eigenvalue weighted by molar-refractivity contribution is 5.52. The largest absolute Gasteiger partial charge is 0.463 e. The number of hydrogen-bond donors (Lipinski definition) is 2. The van der Waals surface area contributed by atoms with E-state index < -0.39 is 0 Å².